The Morgan fingerprint density at radius 1 is 1.15 bits per heavy atom. The number of ether oxygens (including phenoxy) is 1. The molecule has 4 rings (SSSR count). The SMILES string of the molecule is Oc1ccc2c(c1-c1nc3ccccc3[se]1)OCC=C2. The van der Waals surface area contributed by atoms with Gasteiger partial charge in [0.05, 0.1) is 0 Å². The van der Waals surface area contributed by atoms with Gasteiger partial charge in [-0.15, -0.1) is 0 Å². The number of aromatic hydroxyl groups is 1. The molecule has 1 aromatic heterocycles. The van der Waals surface area contributed by atoms with E-state index in [9.17, 15) is 5.11 Å². The predicted molar refractivity (Wildman–Crippen MR) is 80.3 cm³/mol. The molecule has 2 heterocycles. The number of hydrogen-bond donors (Lipinski definition) is 1. The summed E-state index contributed by atoms with van der Waals surface area (Å²) in [4.78, 5) is 4.67. The van der Waals surface area contributed by atoms with Gasteiger partial charge >= 0.3 is 121 Å². The molecule has 0 radical (unpaired) electrons. The number of aromatic nitrogens is 1. The quantitative estimate of drug-likeness (QED) is 0.698. The number of nitrogens with zero attached hydrogens (tertiary/aromatic N) is 1. The standard InChI is InChI=1S/C16H11NO2Se/c18-12-8-7-10-4-3-9-19-15(10)14(12)16-17-11-5-1-2-6-13(11)20-16/h1-8,18H,9H2. The van der Waals surface area contributed by atoms with Crippen LogP contribution in [-0.4, -0.2) is 31.2 Å². The van der Waals surface area contributed by atoms with E-state index in [2.05, 4.69) is 11.1 Å². The fourth-order valence-electron chi connectivity index (χ4n) is 2.37. The molecular formula is C16H11NO2Se. The van der Waals surface area contributed by atoms with Gasteiger partial charge in [-0.25, -0.2) is 0 Å². The minimum atomic E-state index is 0.105. The van der Waals surface area contributed by atoms with Crippen molar-refractivity contribution in [2.45, 2.75) is 0 Å². The zero-order valence-electron chi connectivity index (χ0n) is 10.5. The van der Waals surface area contributed by atoms with Gasteiger partial charge in [-0.1, -0.05) is 0 Å². The molecule has 2 aromatic carbocycles. The van der Waals surface area contributed by atoms with Gasteiger partial charge in [0.15, 0.2) is 0 Å². The molecule has 20 heavy (non-hydrogen) atoms. The molecule has 1 aliphatic heterocycles. The summed E-state index contributed by atoms with van der Waals surface area (Å²) in [5.41, 5.74) is 2.76. The summed E-state index contributed by atoms with van der Waals surface area (Å²) in [6, 6.07) is 11.7. The normalized spacial score (nSPS) is 13.2. The summed E-state index contributed by atoms with van der Waals surface area (Å²) >= 11 is 0.105. The molecule has 4 heteroatoms. The van der Waals surface area contributed by atoms with Gasteiger partial charge in [-0.05, 0) is 0 Å². The molecule has 0 amide bonds. The Morgan fingerprint density at radius 3 is 2.95 bits per heavy atom. The molecule has 98 valence electrons. The Kier molecular flexibility index (Phi) is 2.65. The molecule has 0 saturated heterocycles. The van der Waals surface area contributed by atoms with E-state index in [1.54, 1.807) is 6.07 Å². The van der Waals surface area contributed by atoms with E-state index in [0.29, 0.717) is 6.61 Å². The van der Waals surface area contributed by atoms with Crippen molar-refractivity contribution in [1.82, 2.24) is 4.98 Å². The van der Waals surface area contributed by atoms with Crippen molar-refractivity contribution in [3.05, 3.63) is 48.0 Å². The third-order valence-electron chi connectivity index (χ3n) is 3.30. The Labute approximate surface area is 121 Å². The van der Waals surface area contributed by atoms with Crippen LogP contribution in [0.1, 0.15) is 5.56 Å². The van der Waals surface area contributed by atoms with Gasteiger partial charge in [0.2, 0.25) is 0 Å². The van der Waals surface area contributed by atoms with E-state index in [4.69, 9.17) is 4.74 Å². The third-order valence-corrected chi connectivity index (χ3v) is 5.51. The van der Waals surface area contributed by atoms with Crippen molar-refractivity contribution in [2.75, 3.05) is 6.61 Å². The van der Waals surface area contributed by atoms with Gasteiger partial charge in [-0.2, -0.15) is 0 Å². The first-order valence-electron chi connectivity index (χ1n) is 6.34. The molecule has 1 N–H and O–H groups in total. The molecule has 0 fully saturated rings. The molecule has 0 atom stereocenters. The number of phenols is 1. The average molecular weight is 328 g/mol. The monoisotopic (exact) mass is 329 g/mol. The van der Waals surface area contributed by atoms with Crippen LogP contribution < -0.4 is 4.74 Å². The first-order chi connectivity index (χ1) is 9.83. The molecule has 0 saturated carbocycles. The van der Waals surface area contributed by atoms with Gasteiger partial charge in [0.1, 0.15) is 0 Å². The molecule has 1 aliphatic rings. The molecule has 0 aliphatic carbocycles. The number of phenolic OH excluding ortho intramolecular Hbond substituents is 1. The van der Waals surface area contributed by atoms with Crippen LogP contribution in [0.5, 0.6) is 11.5 Å². The third kappa shape index (κ3) is 1.77. The van der Waals surface area contributed by atoms with Crippen LogP contribution in [0, 0.1) is 0 Å². The molecule has 0 bridgehead atoms. The predicted octanol–water partition coefficient (Wildman–Crippen LogP) is 3.07. The number of benzene rings is 2. The zero-order chi connectivity index (χ0) is 13.5. The van der Waals surface area contributed by atoms with Crippen LogP contribution in [0.3, 0.4) is 0 Å². The fourth-order valence-corrected chi connectivity index (χ4v) is 4.50. The van der Waals surface area contributed by atoms with Crippen LogP contribution in [0.2, 0.25) is 0 Å². The summed E-state index contributed by atoms with van der Waals surface area (Å²) in [5.74, 6) is 0.994. The topological polar surface area (TPSA) is 42.4 Å². The fraction of sp³-hybridized carbons (Fsp3) is 0.0625. The van der Waals surface area contributed by atoms with Gasteiger partial charge in [0.25, 0.3) is 0 Å². The van der Waals surface area contributed by atoms with E-state index < -0.39 is 0 Å². The van der Waals surface area contributed by atoms with Crippen molar-refractivity contribution in [3.8, 4) is 21.6 Å². The van der Waals surface area contributed by atoms with E-state index >= 15 is 0 Å². The minimum absolute atomic E-state index is 0.105. The molecule has 3 nitrogen and oxygen atoms in total. The summed E-state index contributed by atoms with van der Waals surface area (Å²) < 4.78 is 7.91. The summed E-state index contributed by atoms with van der Waals surface area (Å²) in [5, 5.41) is 10.2. The first-order valence-corrected chi connectivity index (χ1v) is 8.05. The molecule has 0 unspecified atom stereocenters. The van der Waals surface area contributed by atoms with E-state index in [-0.39, 0.29) is 20.3 Å². The average Bonchev–Trinajstić information content (AvgIpc) is 2.90. The Balaban J connectivity index is 1.99. The maximum atomic E-state index is 10.2. The van der Waals surface area contributed by atoms with Crippen molar-refractivity contribution < 1.29 is 9.84 Å². The molecular weight excluding hydrogens is 317 g/mol. The van der Waals surface area contributed by atoms with Gasteiger partial charge in [-0.3, -0.25) is 0 Å². The number of hydrogen-bond acceptors (Lipinski definition) is 3. The van der Waals surface area contributed by atoms with Gasteiger partial charge in [0, 0.05) is 0 Å². The van der Waals surface area contributed by atoms with Crippen LogP contribution in [-0.2, 0) is 0 Å². The summed E-state index contributed by atoms with van der Waals surface area (Å²) in [6.07, 6.45) is 4.00. The second-order valence-corrected chi connectivity index (χ2v) is 6.74. The molecule has 0 spiro atoms. The van der Waals surface area contributed by atoms with Crippen LogP contribution in [0.15, 0.2) is 42.5 Å². The van der Waals surface area contributed by atoms with Crippen LogP contribution in [0.25, 0.3) is 26.0 Å². The van der Waals surface area contributed by atoms with Crippen molar-refractivity contribution in [3.63, 3.8) is 0 Å². The van der Waals surface area contributed by atoms with E-state index in [1.165, 1.54) is 4.26 Å². The first kappa shape index (κ1) is 11.8. The van der Waals surface area contributed by atoms with Crippen molar-refractivity contribution in [1.29, 1.82) is 0 Å². The van der Waals surface area contributed by atoms with Crippen LogP contribution >= 0.6 is 0 Å². The Hall–Kier alpha value is -2.03. The Morgan fingerprint density at radius 2 is 2.05 bits per heavy atom. The number of rotatable bonds is 1. The summed E-state index contributed by atoms with van der Waals surface area (Å²) in [6.45, 7) is 0.538. The number of fused-ring (bicyclic) bond motifs is 2. The maximum absolute atomic E-state index is 10.2. The van der Waals surface area contributed by atoms with E-state index in [1.807, 2.05) is 36.4 Å². The second kappa shape index (κ2) is 4.51. The Bertz CT molecular complexity index is 803. The van der Waals surface area contributed by atoms with Crippen molar-refractivity contribution in [2.24, 2.45) is 0 Å². The van der Waals surface area contributed by atoms with E-state index in [0.717, 1.165) is 27.0 Å². The van der Waals surface area contributed by atoms with Crippen molar-refractivity contribution >= 4 is 30.4 Å². The molecule has 3 aromatic rings. The van der Waals surface area contributed by atoms with Gasteiger partial charge < -0.3 is 0 Å². The zero-order valence-corrected chi connectivity index (χ0v) is 12.2. The summed E-state index contributed by atoms with van der Waals surface area (Å²) in [7, 11) is 0. The second-order valence-electron chi connectivity index (χ2n) is 4.58. The number of para-hydroxylation sites is 1. The van der Waals surface area contributed by atoms with Crippen LogP contribution in [0.4, 0.5) is 0 Å².